The van der Waals surface area contributed by atoms with E-state index in [1.807, 2.05) is 30.3 Å². The smallest absolute Gasteiger partial charge is 0.223 e. The Bertz CT molecular complexity index is 720. The minimum Gasteiger partial charge on any atom is -0.493 e. The summed E-state index contributed by atoms with van der Waals surface area (Å²) in [4.78, 5) is 12.0. The van der Waals surface area contributed by atoms with Crippen molar-refractivity contribution in [1.82, 2.24) is 5.32 Å². The summed E-state index contributed by atoms with van der Waals surface area (Å²) in [6.45, 7) is 12.5. The first-order chi connectivity index (χ1) is 12.9. The molecule has 2 aromatic carbocycles. The number of aryl methyl sites for hydroxylation is 1. The lowest BCUT2D eigenvalue weighted by Gasteiger charge is -2.25. The number of amides is 1. The average Bonchev–Trinajstić information content (AvgIpc) is 2.62. The monoisotopic (exact) mass is 383 g/mol. The van der Waals surface area contributed by atoms with Crippen molar-refractivity contribution in [2.24, 2.45) is 0 Å². The summed E-state index contributed by atoms with van der Waals surface area (Å²) in [6.07, 6.45) is 0.364. The Balaban J connectivity index is 1.84. The van der Waals surface area contributed by atoms with Gasteiger partial charge in [0.05, 0.1) is 21.8 Å². The molecule has 2 aromatic rings. The van der Waals surface area contributed by atoms with Gasteiger partial charge in [0, 0.05) is 6.54 Å². The molecule has 0 aliphatic carbocycles. The zero-order valence-corrected chi connectivity index (χ0v) is 18.4. The van der Waals surface area contributed by atoms with Gasteiger partial charge in [-0.3, -0.25) is 4.79 Å². The number of rotatable bonds is 9. The van der Waals surface area contributed by atoms with Crippen LogP contribution in [0.2, 0.25) is 11.1 Å². The summed E-state index contributed by atoms with van der Waals surface area (Å²) in [5.41, 5.74) is 3.90. The first-order valence-electron chi connectivity index (χ1n) is 9.92. The van der Waals surface area contributed by atoms with Crippen LogP contribution in [0.4, 0.5) is 0 Å². The van der Waals surface area contributed by atoms with E-state index >= 15 is 0 Å². The van der Waals surface area contributed by atoms with Gasteiger partial charge in [-0.1, -0.05) is 69.3 Å². The molecule has 0 heterocycles. The quantitative estimate of drug-likeness (QED) is 0.654. The molecule has 0 aliphatic rings. The lowest BCUT2D eigenvalue weighted by molar-refractivity contribution is -0.121. The van der Waals surface area contributed by atoms with Gasteiger partial charge in [0.25, 0.3) is 0 Å². The highest BCUT2D eigenvalue weighted by Crippen LogP contribution is 2.22. The topological polar surface area (TPSA) is 38.3 Å². The Labute approximate surface area is 165 Å². The Morgan fingerprint density at radius 2 is 1.70 bits per heavy atom. The molecular weight excluding hydrogens is 350 g/mol. The molecular formula is C23H33NO2Si. The summed E-state index contributed by atoms with van der Waals surface area (Å²) in [6, 6.07) is 16.4. The van der Waals surface area contributed by atoms with Crippen LogP contribution < -0.4 is 15.2 Å². The van der Waals surface area contributed by atoms with Crippen molar-refractivity contribution in [3.05, 3.63) is 59.7 Å². The normalized spacial score (nSPS) is 11.3. The SMILES string of the molecule is Cc1cc(OCCC(=O)NCc2ccccc2)ccc1[SiH](C(C)C)C(C)C. The van der Waals surface area contributed by atoms with Gasteiger partial charge in [0.15, 0.2) is 0 Å². The number of nitrogens with one attached hydrogen (secondary N) is 1. The second-order valence-electron chi connectivity index (χ2n) is 7.89. The maximum atomic E-state index is 12.0. The molecule has 4 heteroatoms. The molecule has 27 heavy (non-hydrogen) atoms. The lowest BCUT2D eigenvalue weighted by atomic mass is 10.2. The third-order valence-corrected chi connectivity index (χ3v) is 9.21. The standard InChI is InChI=1S/C23H33NO2Si/c1-17(2)27(18(3)4)22-12-11-21(15-19(22)5)26-14-13-23(25)24-16-20-9-7-6-8-10-20/h6-12,15,17-18,27H,13-14,16H2,1-5H3,(H,24,25). The summed E-state index contributed by atoms with van der Waals surface area (Å²) < 4.78 is 5.82. The molecule has 0 atom stereocenters. The minimum absolute atomic E-state index is 0.0132. The van der Waals surface area contributed by atoms with Gasteiger partial charge in [-0.2, -0.15) is 0 Å². The van der Waals surface area contributed by atoms with E-state index < -0.39 is 8.80 Å². The van der Waals surface area contributed by atoms with Crippen LogP contribution in [0.3, 0.4) is 0 Å². The molecule has 3 nitrogen and oxygen atoms in total. The van der Waals surface area contributed by atoms with E-state index in [1.165, 1.54) is 10.8 Å². The van der Waals surface area contributed by atoms with Crippen molar-refractivity contribution in [2.75, 3.05) is 6.61 Å². The second kappa shape index (κ2) is 10.3. The minimum atomic E-state index is -1.00. The highest BCUT2D eigenvalue weighted by atomic mass is 28.3. The number of hydrogen-bond acceptors (Lipinski definition) is 2. The molecule has 0 saturated carbocycles. The molecule has 2 rings (SSSR count). The molecule has 0 aromatic heterocycles. The van der Waals surface area contributed by atoms with Gasteiger partial charge in [-0.15, -0.1) is 0 Å². The largest absolute Gasteiger partial charge is 0.493 e. The van der Waals surface area contributed by atoms with Gasteiger partial charge in [-0.25, -0.2) is 0 Å². The molecule has 0 fully saturated rings. The van der Waals surface area contributed by atoms with Crippen molar-refractivity contribution in [3.63, 3.8) is 0 Å². The molecule has 146 valence electrons. The lowest BCUT2D eigenvalue weighted by Crippen LogP contribution is -2.37. The second-order valence-corrected chi connectivity index (χ2v) is 12.2. The van der Waals surface area contributed by atoms with E-state index in [1.54, 1.807) is 0 Å². The first kappa shape index (κ1) is 21.2. The van der Waals surface area contributed by atoms with E-state index in [4.69, 9.17) is 4.74 Å². The molecule has 1 amide bonds. The summed E-state index contributed by atoms with van der Waals surface area (Å²) >= 11 is 0. The first-order valence-corrected chi connectivity index (χ1v) is 11.8. The van der Waals surface area contributed by atoms with E-state index in [9.17, 15) is 4.79 Å². The van der Waals surface area contributed by atoms with Crippen molar-refractivity contribution in [2.45, 2.75) is 58.7 Å². The summed E-state index contributed by atoms with van der Waals surface area (Å²) in [5.74, 6) is 0.867. The molecule has 0 radical (unpaired) electrons. The fraction of sp³-hybridized carbons (Fsp3) is 0.435. The summed E-state index contributed by atoms with van der Waals surface area (Å²) in [5, 5.41) is 4.47. The van der Waals surface area contributed by atoms with Crippen LogP contribution in [0.5, 0.6) is 5.75 Å². The van der Waals surface area contributed by atoms with Gasteiger partial charge < -0.3 is 10.1 Å². The zero-order chi connectivity index (χ0) is 19.8. The van der Waals surface area contributed by atoms with Crippen molar-refractivity contribution >= 4 is 19.9 Å². The van der Waals surface area contributed by atoms with Crippen molar-refractivity contribution < 1.29 is 9.53 Å². The van der Waals surface area contributed by atoms with E-state index in [2.05, 4.69) is 58.1 Å². The van der Waals surface area contributed by atoms with Gasteiger partial charge in [0.2, 0.25) is 5.91 Å². The number of hydrogen-bond donors (Lipinski definition) is 1. The Morgan fingerprint density at radius 1 is 1.04 bits per heavy atom. The van der Waals surface area contributed by atoms with Crippen molar-refractivity contribution in [3.8, 4) is 5.75 Å². The number of ether oxygens (including phenoxy) is 1. The van der Waals surface area contributed by atoms with Crippen LogP contribution >= 0.6 is 0 Å². The Hall–Kier alpha value is -2.07. The van der Waals surface area contributed by atoms with Crippen LogP contribution in [0.25, 0.3) is 0 Å². The number of carbonyl (C=O) groups excluding carboxylic acids is 1. The highest BCUT2D eigenvalue weighted by molar-refractivity contribution is 6.76. The zero-order valence-electron chi connectivity index (χ0n) is 17.3. The van der Waals surface area contributed by atoms with Gasteiger partial charge >= 0.3 is 0 Å². The van der Waals surface area contributed by atoms with E-state index in [0.717, 1.165) is 22.4 Å². The van der Waals surface area contributed by atoms with Gasteiger partial charge in [0.1, 0.15) is 5.75 Å². The molecule has 0 unspecified atom stereocenters. The van der Waals surface area contributed by atoms with Crippen LogP contribution in [-0.2, 0) is 11.3 Å². The maximum Gasteiger partial charge on any atom is 0.223 e. The van der Waals surface area contributed by atoms with Crippen LogP contribution in [0, 0.1) is 6.92 Å². The third kappa shape index (κ3) is 6.54. The molecule has 1 N–H and O–H groups in total. The molecule has 0 aliphatic heterocycles. The Kier molecular flexibility index (Phi) is 8.11. The van der Waals surface area contributed by atoms with E-state index in [-0.39, 0.29) is 5.91 Å². The maximum absolute atomic E-state index is 12.0. The predicted octanol–water partition coefficient (Wildman–Crippen LogP) is 4.33. The molecule has 0 saturated heterocycles. The number of benzene rings is 2. The molecule has 0 spiro atoms. The van der Waals surface area contributed by atoms with Crippen molar-refractivity contribution in [1.29, 1.82) is 0 Å². The van der Waals surface area contributed by atoms with Crippen LogP contribution in [-0.4, -0.2) is 21.3 Å². The fourth-order valence-electron chi connectivity index (χ4n) is 3.75. The average molecular weight is 384 g/mol. The van der Waals surface area contributed by atoms with Crippen LogP contribution in [0.1, 0.15) is 45.2 Å². The van der Waals surface area contributed by atoms with E-state index in [0.29, 0.717) is 19.6 Å². The third-order valence-electron chi connectivity index (χ3n) is 4.97. The fourth-order valence-corrected chi connectivity index (χ4v) is 7.65. The highest BCUT2D eigenvalue weighted by Gasteiger charge is 2.23. The number of carbonyl (C=O) groups is 1. The molecule has 0 bridgehead atoms. The predicted molar refractivity (Wildman–Crippen MR) is 117 cm³/mol. The Morgan fingerprint density at radius 3 is 2.30 bits per heavy atom. The van der Waals surface area contributed by atoms with Crippen LogP contribution in [0.15, 0.2) is 48.5 Å². The summed E-state index contributed by atoms with van der Waals surface area (Å²) in [7, 11) is -1.00. The van der Waals surface area contributed by atoms with Gasteiger partial charge in [-0.05, 0) is 41.3 Å².